The van der Waals surface area contributed by atoms with E-state index in [0.717, 1.165) is 29.3 Å². The van der Waals surface area contributed by atoms with Crippen LogP contribution in [0.5, 0.6) is 5.75 Å². The van der Waals surface area contributed by atoms with Crippen LogP contribution in [0.25, 0.3) is 22.5 Å². The van der Waals surface area contributed by atoms with Crippen molar-refractivity contribution in [3.05, 3.63) is 102 Å². The van der Waals surface area contributed by atoms with Crippen LogP contribution in [0.15, 0.2) is 67.5 Å². The van der Waals surface area contributed by atoms with Crippen LogP contribution >= 0.6 is 12.2 Å². The van der Waals surface area contributed by atoms with Crippen LogP contribution in [-0.4, -0.2) is 102 Å². The number of likely N-dealkylation sites (tertiary alicyclic amines) is 1. The van der Waals surface area contributed by atoms with Crippen molar-refractivity contribution in [3.8, 4) is 34.3 Å². The maximum absolute atomic E-state index is 15.9. The van der Waals surface area contributed by atoms with Gasteiger partial charge in [0.1, 0.15) is 47.3 Å². The van der Waals surface area contributed by atoms with Crippen LogP contribution in [0.3, 0.4) is 0 Å². The Labute approximate surface area is 417 Å². The Bertz CT molecular complexity index is 2960. The van der Waals surface area contributed by atoms with Crippen molar-refractivity contribution >= 4 is 46.4 Å². The average Bonchev–Trinajstić information content (AvgIpc) is 4.01. The van der Waals surface area contributed by atoms with Crippen LogP contribution in [0.1, 0.15) is 82.4 Å². The number of alkyl halides is 6. The monoisotopic (exact) mass is 1040 g/mol. The molecule has 7 rings (SSSR count). The number of nitriles is 1. The van der Waals surface area contributed by atoms with E-state index < -0.39 is 116 Å². The molecule has 3 atom stereocenters. The van der Waals surface area contributed by atoms with Gasteiger partial charge in [-0.15, -0.1) is 0 Å². The summed E-state index contributed by atoms with van der Waals surface area (Å²) in [5, 5.41) is 21.9. The molecule has 2 aliphatic heterocycles. The molecule has 2 aliphatic rings. The van der Waals surface area contributed by atoms with Gasteiger partial charge in [-0.25, -0.2) is 23.7 Å². The zero-order valence-corrected chi connectivity index (χ0v) is 40.3. The van der Waals surface area contributed by atoms with Gasteiger partial charge in [-0.2, -0.15) is 31.6 Å². The smallest absolute Gasteiger partial charge is 0.420 e. The fourth-order valence-electron chi connectivity index (χ4n) is 8.43. The molecule has 0 bridgehead atoms. The van der Waals surface area contributed by atoms with Gasteiger partial charge in [0.05, 0.1) is 59.2 Å². The molecular weight excluding hydrogens is 997 g/mol. The molecule has 2 saturated heterocycles. The highest BCUT2D eigenvalue weighted by Gasteiger charge is 2.52. The average molecular weight is 1040 g/mol. The highest BCUT2D eigenvalue weighted by Crippen LogP contribution is 2.44. The van der Waals surface area contributed by atoms with Crippen molar-refractivity contribution in [2.75, 3.05) is 36.2 Å². The number of benzene rings is 2. The number of rotatable bonds is 15. The molecule has 5 aromatic rings. The summed E-state index contributed by atoms with van der Waals surface area (Å²) >= 11 is 5.37. The first-order valence-electron chi connectivity index (χ1n) is 22.4. The summed E-state index contributed by atoms with van der Waals surface area (Å²) in [5.41, 5.74) is -8.35. The molecular formula is C48H46F8N10O6S. The standard InChI is InChI=1S/C48H46F8N10O6S/c1-45(2,3)40(42(69)64-22-28(67)15-35(64)41-61-21-33(62-41)26-18-58-24-59-19-26)63-36(68)23-71-12-6-7-13-72-29-9-10-30(31(16-29)47(51,52)53)39-32(49)14-27(20-60-39)66-44(73)65(43(70)46(66,4)5)34-11-8-25(17-57)37(38(34)50)48(54,55)56/h8-11,14,16,18-21,24,28,35,40,67H,6-7,12-13,15,22-23H2,1-5H3,(H,61,62)(H,63,68)/t28-,35+,40-/m1/s1. The lowest BCUT2D eigenvalue weighted by Crippen LogP contribution is -2.55. The number of anilines is 2. The van der Waals surface area contributed by atoms with Gasteiger partial charge in [-0.1, -0.05) is 20.8 Å². The molecule has 73 heavy (non-hydrogen) atoms. The Balaban J connectivity index is 0.941. The molecule has 3 aromatic heterocycles. The lowest BCUT2D eigenvalue weighted by atomic mass is 9.85. The largest absolute Gasteiger partial charge is 0.494 e. The minimum absolute atomic E-state index is 0.0130. The number of unbranched alkanes of at least 4 members (excludes halogenated alkanes) is 1. The summed E-state index contributed by atoms with van der Waals surface area (Å²) in [4.78, 5) is 63.2. The maximum atomic E-state index is 15.9. The fraction of sp³-hybridized carbons (Fsp3) is 0.396. The van der Waals surface area contributed by atoms with Crippen LogP contribution in [0, 0.1) is 28.4 Å². The van der Waals surface area contributed by atoms with E-state index in [-0.39, 0.29) is 44.0 Å². The summed E-state index contributed by atoms with van der Waals surface area (Å²) in [6.45, 7) is 7.39. The van der Waals surface area contributed by atoms with Crippen molar-refractivity contribution < 1.29 is 64.1 Å². The number of nitrogens with zero attached hydrogens (tertiary/aromatic N) is 8. The number of carbonyl (C=O) groups is 3. The molecule has 0 aliphatic carbocycles. The third kappa shape index (κ3) is 11.2. The summed E-state index contributed by atoms with van der Waals surface area (Å²) in [6, 6.07) is 4.55. The number of nitrogens with one attached hydrogen (secondary N) is 2. The number of hydrogen-bond donors (Lipinski definition) is 3. The van der Waals surface area contributed by atoms with E-state index in [1.54, 1.807) is 39.4 Å². The van der Waals surface area contributed by atoms with E-state index in [0.29, 0.717) is 40.5 Å². The molecule has 25 heteroatoms. The molecule has 16 nitrogen and oxygen atoms in total. The summed E-state index contributed by atoms with van der Waals surface area (Å²) in [6.07, 6.45) is -3.31. The molecule has 2 aromatic carbocycles. The normalized spacial score (nSPS) is 17.5. The summed E-state index contributed by atoms with van der Waals surface area (Å²) in [5.74, 6) is -5.10. The van der Waals surface area contributed by atoms with Crippen LogP contribution in [-0.2, 0) is 31.5 Å². The molecule has 0 saturated carbocycles. The van der Waals surface area contributed by atoms with E-state index >= 15 is 8.78 Å². The molecule has 0 unspecified atom stereocenters. The van der Waals surface area contributed by atoms with Crippen LogP contribution in [0.2, 0.25) is 0 Å². The number of hydrogen-bond acceptors (Lipinski definition) is 12. The molecule has 0 radical (unpaired) electrons. The van der Waals surface area contributed by atoms with E-state index in [2.05, 4.69) is 30.2 Å². The highest BCUT2D eigenvalue weighted by molar-refractivity contribution is 7.81. The first-order chi connectivity index (χ1) is 34.2. The fourth-order valence-corrected chi connectivity index (χ4v) is 8.95. The van der Waals surface area contributed by atoms with Gasteiger partial charge in [-0.3, -0.25) is 24.3 Å². The number of thiocarbonyl (C=S) groups is 1. The number of H-pyrrole nitrogens is 1. The Kier molecular flexibility index (Phi) is 15.2. The topological polar surface area (TPSA) is 203 Å². The number of aliphatic hydroxyl groups is 1. The van der Waals surface area contributed by atoms with E-state index in [1.165, 1.54) is 37.2 Å². The SMILES string of the molecule is CC(C)(C)[C@H](NC(=O)COCCCCOc1ccc(-c2ncc(N3C(=S)N(c4ccc(C#N)c(C(F)(F)F)c4F)C(=O)C3(C)C)cc2F)c(C(F)(F)F)c1)C(=O)N1C[C@H](O)C[C@H]1c1nc(-c2cncnc2)c[nH]1. The Hall–Kier alpha value is -7.17. The van der Waals surface area contributed by atoms with Crippen molar-refractivity contribution in [2.24, 2.45) is 5.41 Å². The predicted octanol–water partition coefficient (Wildman–Crippen LogP) is 8.07. The molecule has 0 spiro atoms. The van der Waals surface area contributed by atoms with Gasteiger partial charge in [0, 0.05) is 55.4 Å². The van der Waals surface area contributed by atoms with Gasteiger partial charge in [-0.05, 0) is 74.7 Å². The Morgan fingerprint density at radius 3 is 2.36 bits per heavy atom. The van der Waals surface area contributed by atoms with Crippen molar-refractivity contribution in [1.82, 2.24) is 35.1 Å². The first kappa shape index (κ1) is 53.6. The number of β-amino-alcohol motifs (C(OH)–C–C–N with tert-alkyl or cyclic N) is 1. The molecule has 5 heterocycles. The zero-order valence-electron chi connectivity index (χ0n) is 39.5. The maximum Gasteiger partial charge on any atom is 0.420 e. The highest BCUT2D eigenvalue weighted by atomic mass is 32.1. The number of aromatic amines is 1. The number of carbonyl (C=O) groups excluding carboxylic acids is 3. The Morgan fingerprint density at radius 1 is 1.01 bits per heavy atom. The Morgan fingerprint density at radius 2 is 1.71 bits per heavy atom. The van der Waals surface area contributed by atoms with Crippen LogP contribution < -0.4 is 19.9 Å². The van der Waals surface area contributed by atoms with Crippen molar-refractivity contribution in [1.29, 1.82) is 5.26 Å². The summed E-state index contributed by atoms with van der Waals surface area (Å²) < 4.78 is 127. The molecule has 2 fully saturated rings. The number of imidazole rings is 1. The lowest BCUT2D eigenvalue weighted by molar-refractivity contribution is -0.141. The van der Waals surface area contributed by atoms with Crippen molar-refractivity contribution in [3.63, 3.8) is 0 Å². The number of ether oxygens (including phenoxy) is 2. The van der Waals surface area contributed by atoms with E-state index in [1.807, 2.05) is 0 Å². The minimum atomic E-state index is -5.34. The number of pyridine rings is 1. The first-order valence-corrected chi connectivity index (χ1v) is 22.8. The number of aromatic nitrogens is 5. The van der Waals surface area contributed by atoms with Gasteiger partial charge in [0.25, 0.3) is 5.91 Å². The third-order valence-electron chi connectivity index (χ3n) is 12.0. The minimum Gasteiger partial charge on any atom is -0.494 e. The molecule has 386 valence electrons. The lowest BCUT2D eigenvalue weighted by Gasteiger charge is -2.35. The van der Waals surface area contributed by atoms with Crippen LogP contribution in [0.4, 0.5) is 46.5 Å². The zero-order chi connectivity index (χ0) is 53.4. The second-order valence-electron chi connectivity index (χ2n) is 18.6. The van der Waals surface area contributed by atoms with Gasteiger partial charge in [0.2, 0.25) is 11.8 Å². The predicted molar refractivity (Wildman–Crippen MR) is 249 cm³/mol. The van der Waals surface area contributed by atoms with Gasteiger partial charge >= 0.3 is 12.4 Å². The second-order valence-corrected chi connectivity index (χ2v) is 19.0. The van der Waals surface area contributed by atoms with Crippen molar-refractivity contribution in [2.45, 2.75) is 90.0 Å². The molecule has 3 N–H and O–H groups in total. The third-order valence-corrected chi connectivity index (χ3v) is 12.4. The van der Waals surface area contributed by atoms with Gasteiger partial charge < -0.3 is 34.7 Å². The number of aliphatic hydroxyl groups excluding tert-OH is 1. The van der Waals surface area contributed by atoms with E-state index in [9.17, 15) is 45.8 Å². The second kappa shape index (κ2) is 20.7. The van der Waals surface area contributed by atoms with Gasteiger partial charge in [0.15, 0.2) is 16.7 Å². The number of amides is 3. The van der Waals surface area contributed by atoms with E-state index in [4.69, 9.17) is 27.0 Å². The quantitative estimate of drug-likeness (QED) is 0.0517. The summed E-state index contributed by atoms with van der Waals surface area (Å²) in [7, 11) is 0. The molecule has 3 amide bonds. The number of halogens is 8.